The van der Waals surface area contributed by atoms with E-state index >= 15 is 0 Å². The molecule has 0 aromatic heterocycles. The quantitative estimate of drug-likeness (QED) is 0.759. The van der Waals surface area contributed by atoms with Crippen LogP contribution in [0.3, 0.4) is 0 Å². The molecule has 3 N–H and O–H groups in total. The minimum absolute atomic E-state index is 0.0562. The van der Waals surface area contributed by atoms with E-state index in [9.17, 15) is 4.79 Å². The van der Waals surface area contributed by atoms with Gasteiger partial charge in [-0.1, -0.05) is 11.6 Å². The predicted molar refractivity (Wildman–Crippen MR) is 83.9 cm³/mol. The van der Waals surface area contributed by atoms with Crippen molar-refractivity contribution in [3.05, 3.63) is 23.2 Å². The smallest absolute Gasteiger partial charge is 0.225 e. The van der Waals surface area contributed by atoms with Crippen LogP contribution in [0.2, 0.25) is 5.02 Å². The van der Waals surface area contributed by atoms with Gasteiger partial charge < -0.3 is 11.1 Å². The van der Waals surface area contributed by atoms with Gasteiger partial charge in [0.15, 0.2) is 0 Å². The normalized spacial score (nSPS) is 14.0. The van der Waals surface area contributed by atoms with Crippen molar-refractivity contribution >= 4 is 28.9 Å². The number of halogens is 1. The van der Waals surface area contributed by atoms with Crippen LogP contribution in [-0.2, 0) is 4.79 Å². The van der Waals surface area contributed by atoms with Crippen LogP contribution in [0.4, 0.5) is 11.4 Å². The Morgan fingerprint density at radius 3 is 2.86 bits per heavy atom. The monoisotopic (exact) mass is 306 g/mol. The van der Waals surface area contributed by atoms with Gasteiger partial charge >= 0.3 is 0 Å². The maximum atomic E-state index is 12.0. The van der Waals surface area contributed by atoms with Gasteiger partial charge in [0, 0.05) is 37.7 Å². The molecule has 0 aliphatic heterocycles. The lowest BCUT2D eigenvalue weighted by molar-refractivity contribution is -0.116. The highest BCUT2D eigenvalue weighted by Crippen LogP contribution is 2.27. The van der Waals surface area contributed by atoms with Crippen molar-refractivity contribution < 1.29 is 4.79 Å². The molecule has 0 saturated heterocycles. The van der Waals surface area contributed by atoms with Crippen LogP contribution in [0, 0.1) is 11.3 Å². The van der Waals surface area contributed by atoms with Crippen LogP contribution in [-0.4, -0.2) is 29.9 Å². The summed E-state index contributed by atoms with van der Waals surface area (Å²) in [5.74, 6) is -0.0562. The average molecular weight is 307 g/mol. The van der Waals surface area contributed by atoms with E-state index in [2.05, 4.69) is 16.3 Å². The van der Waals surface area contributed by atoms with Gasteiger partial charge in [0.05, 0.1) is 16.8 Å². The number of amides is 1. The number of nitrogens with zero attached hydrogens (tertiary/aromatic N) is 2. The fourth-order valence-electron chi connectivity index (χ4n) is 2.20. The van der Waals surface area contributed by atoms with Crippen molar-refractivity contribution in [1.29, 1.82) is 5.26 Å². The van der Waals surface area contributed by atoms with Crippen molar-refractivity contribution in [2.24, 2.45) is 0 Å². The topological polar surface area (TPSA) is 82.2 Å². The molecule has 5 nitrogen and oxygen atoms in total. The number of benzene rings is 1. The Labute approximate surface area is 129 Å². The first-order chi connectivity index (χ1) is 10.1. The number of carbonyl (C=O) groups is 1. The van der Waals surface area contributed by atoms with Crippen LogP contribution < -0.4 is 11.1 Å². The van der Waals surface area contributed by atoms with Crippen LogP contribution in [0.5, 0.6) is 0 Å². The highest BCUT2D eigenvalue weighted by Gasteiger charge is 2.28. The van der Waals surface area contributed by atoms with E-state index in [4.69, 9.17) is 22.6 Å². The van der Waals surface area contributed by atoms with E-state index in [0.717, 1.165) is 6.54 Å². The maximum absolute atomic E-state index is 12.0. The van der Waals surface area contributed by atoms with Crippen LogP contribution in [0.25, 0.3) is 0 Å². The Bertz CT molecular complexity index is 551. The van der Waals surface area contributed by atoms with Crippen LogP contribution in [0.15, 0.2) is 18.2 Å². The number of anilines is 2. The molecule has 1 aromatic rings. The summed E-state index contributed by atoms with van der Waals surface area (Å²) in [6.45, 7) is 1.42. The van der Waals surface area contributed by atoms with Crippen LogP contribution in [0.1, 0.15) is 25.7 Å². The number of hydrogen-bond acceptors (Lipinski definition) is 4. The van der Waals surface area contributed by atoms with E-state index in [1.54, 1.807) is 18.2 Å². The minimum Gasteiger partial charge on any atom is -0.397 e. The zero-order chi connectivity index (χ0) is 15.2. The molecule has 112 valence electrons. The second kappa shape index (κ2) is 7.30. The molecule has 1 aliphatic carbocycles. The Morgan fingerprint density at radius 1 is 1.48 bits per heavy atom. The summed E-state index contributed by atoms with van der Waals surface area (Å²) in [5.41, 5.74) is 6.80. The third kappa shape index (κ3) is 4.92. The second-order valence-electron chi connectivity index (χ2n) is 5.21. The van der Waals surface area contributed by atoms with Gasteiger partial charge in [0.1, 0.15) is 0 Å². The molecule has 1 aromatic carbocycles. The first-order valence-corrected chi connectivity index (χ1v) is 7.44. The molecule has 1 amide bonds. The minimum atomic E-state index is -0.0562. The zero-order valence-corrected chi connectivity index (χ0v) is 12.6. The molecule has 0 unspecified atom stereocenters. The number of carbonyl (C=O) groups excluding carboxylic acids is 1. The molecular weight excluding hydrogens is 288 g/mol. The number of nitrogen functional groups attached to an aromatic ring is 1. The molecule has 1 saturated carbocycles. The highest BCUT2D eigenvalue weighted by atomic mass is 35.5. The van der Waals surface area contributed by atoms with Crippen molar-refractivity contribution in [1.82, 2.24) is 4.90 Å². The molecule has 1 aliphatic rings. The maximum Gasteiger partial charge on any atom is 0.225 e. The molecule has 0 bridgehead atoms. The van der Waals surface area contributed by atoms with E-state index in [1.165, 1.54) is 12.8 Å². The lowest BCUT2D eigenvalue weighted by Gasteiger charge is -2.20. The number of nitrogens with one attached hydrogen (secondary N) is 1. The van der Waals surface area contributed by atoms with Gasteiger partial charge in [0.2, 0.25) is 5.91 Å². The summed E-state index contributed by atoms with van der Waals surface area (Å²) in [7, 11) is 0. The molecule has 0 spiro atoms. The summed E-state index contributed by atoms with van der Waals surface area (Å²) in [6.07, 6.45) is 3.25. The Kier molecular flexibility index (Phi) is 5.43. The average Bonchev–Trinajstić information content (AvgIpc) is 3.27. The molecule has 2 rings (SSSR count). The number of nitrogens with two attached hydrogens (primary N) is 1. The fraction of sp³-hybridized carbons (Fsp3) is 0.467. The molecule has 1 fully saturated rings. The summed E-state index contributed by atoms with van der Waals surface area (Å²) in [5, 5.41) is 11.9. The van der Waals surface area contributed by atoms with Gasteiger partial charge in [-0.25, -0.2) is 0 Å². The zero-order valence-electron chi connectivity index (χ0n) is 11.8. The Morgan fingerprint density at radius 2 is 2.24 bits per heavy atom. The predicted octanol–water partition coefficient (Wildman–Crippen LogP) is 2.63. The van der Waals surface area contributed by atoms with Crippen molar-refractivity contribution in [3.63, 3.8) is 0 Å². The van der Waals surface area contributed by atoms with Crippen molar-refractivity contribution in [2.75, 3.05) is 24.1 Å². The Balaban J connectivity index is 1.80. The molecular formula is C15H19ClN4O. The van der Waals surface area contributed by atoms with Gasteiger partial charge in [-0.05, 0) is 31.0 Å². The molecule has 21 heavy (non-hydrogen) atoms. The van der Waals surface area contributed by atoms with Gasteiger partial charge in [-0.3, -0.25) is 9.69 Å². The fourth-order valence-corrected chi connectivity index (χ4v) is 2.32. The van der Waals surface area contributed by atoms with Gasteiger partial charge in [0.25, 0.3) is 0 Å². The summed E-state index contributed by atoms with van der Waals surface area (Å²) >= 11 is 5.84. The van der Waals surface area contributed by atoms with E-state index in [-0.39, 0.29) is 5.91 Å². The number of hydrogen-bond donors (Lipinski definition) is 2. The van der Waals surface area contributed by atoms with Gasteiger partial charge in [-0.2, -0.15) is 5.26 Å². The molecule has 0 heterocycles. The largest absolute Gasteiger partial charge is 0.397 e. The Hall–Kier alpha value is -1.77. The standard InChI is InChI=1S/C15H19ClN4O/c16-13-5-2-11(10-14(13)18)19-15(21)6-9-20(8-1-7-17)12-3-4-12/h2,5,10,12H,1,3-4,6,8-9,18H2,(H,19,21). The molecule has 0 atom stereocenters. The second-order valence-corrected chi connectivity index (χ2v) is 5.62. The van der Waals surface area contributed by atoms with Crippen molar-refractivity contribution in [2.45, 2.75) is 31.7 Å². The van der Waals surface area contributed by atoms with Crippen LogP contribution >= 0.6 is 11.6 Å². The lowest BCUT2D eigenvalue weighted by Crippen LogP contribution is -2.30. The lowest BCUT2D eigenvalue weighted by atomic mass is 10.2. The first-order valence-electron chi connectivity index (χ1n) is 7.06. The molecule has 6 heteroatoms. The summed E-state index contributed by atoms with van der Waals surface area (Å²) < 4.78 is 0. The van der Waals surface area contributed by atoms with Crippen molar-refractivity contribution in [3.8, 4) is 6.07 Å². The molecule has 0 radical (unpaired) electrons. The number of nitriles is 1. The van der Waals surface area contributed by atoms with E-state index < -0.39 is 0 Å². The SMILES string of the molecule is N#CCCN(CCC(=O)Nc1ccc(Cl)c(N)c1)C1CC1. The van der Waals surface area contributed by atoms with E-state index in [1.807, 2.05) is 0 Å². The summed E-state index contributed by atoms with van der Waals surface area (Å²) in [6, 6.07) is 7.74. The number of rotatable bonds is 7. The van der Waals surface area contributed by atoms with E-state index in [0.29, 0.717) is 41.8 Å². The third-order valence-electron chi connectivity index (χ3n) is 3.48. The highest BCUT2D eigenvalue weighted by molar-refractivity contribution is 6.33. The first kappa shape index (κ1) is 15.6. The van der Waals surface area contributed by atoms with Gasteiger partial charge in [-0.15, -0.1) is 0 Å². The summed E-state index contributed by atoms with van der Waals surface area (Å²) in [4.78, 5) is 14.2. The third-order valence-corrected chi connectivity index (χ3v) is 3.82.